The van der Waals surface area contributed by atoms with Gasteiger partial charge in [-0.15, -0.1) is 0 Å². The number of quaternary nitrogens is 2. The number of hydrogen-bond acceptors (Lipinski definition) is 0. The van der Waals surface area contributed by atoms with Crippen molar-refractivity contribution in [1.82, 2.24) is 0 Å². The zero-order valence-electron chi connectivity index (χ0n) is 29.7. The molecule has 1 fully saturated rings. The molecule has 0 aromatic heterocycles. The normalized spacial score (nSPS) is 20.3. The quantitative estimate of drug-likeness (QED) is 0.0485. The fourth-order valence-electron chi connectivity index (χ4n) is 7.01. The first kappa shape index (κ1) is 45.5. The molecule has 0 amide bonds. The topological polar surface area (TPSA) is 0 Å². The minimum absolute atomic E-state index is 0. The van der Waals surface area contributed by atoms with Crippen molar-refractivity contribution < 1.29 is 56.9 Å². The number of likely N-dealkylation sites (N-methyl/N-ethyl adjacent to an activating group) is 2. The van der Waals surface area contributed by atoms with E-state index in [1.165, 1.54) is 228 Å². The van der Waals surface area contributed by atoms with Crippen LogP contribution in [-0.4, -0.2) is 62.3 Å². The maximum absolute atomic E-state index is 2.55. The predicted molar refractivity (Wildman–Crippen MR) is 182 cm³/mol. The Morgan fingerprint density at radius 2 is 0.452 bits per heavy atom. The molecule has 0 radical (unpaired) electrons. The number of nitrogens with zero attached hydrogens (tertiary/aromatic N) is 2. The first-order valence-corrected chi connectivity index (χ1v) is 19.2. The van der Waals surface area contributed by atoms with Crippen LogP contribution in [0.1, 0.15) is 194 Å². The fraction of sp³-hybridized carbons (Fsp3) is 1.00. The highest BCUT2D eigenvalue weighted by Crippen LogP contribution is 2.20. The van der Waals surface area contributed by atoms with Crippen LogP contribution in [0.25, 0.3) is 0 Å². The molecule has 2 nitrogen and oxygen atoms in total. The van der Waals surface area contributed by atoms with Gasteiger partial charge in [0, 0.05) is 0 Å². The van der Waals surface area contributed by atoms with Gasteiger partial charge in [0.05, 0.1) is 27.2 Å². The summed E-state index contributed by atoms with van der Waals surface area (Å²) in [6, 6.07) is 0. The van der Waals surface area contributed by atoms with Gasteiger partial charge in [-0.25, -0.2) is 0 Å². The summed E-state index contributed by atoms with van der Waals surface area (Å²) in [5, 5.41) is 0. The van der Waals surface area contributed by atoms with Gasteiger partial charge in [0.15, 0.2) is 0 Å². The van der Waals surface area contributed by atoms with Gasteiger partial charge in [-0.3, -0.25) is 0 Å². The summed E-state index contributed by atoms with van der Waals surface area (Å²) in [5.74, 6) is 0. The lowest BCUT2D eigenvalue weighted by molar-refractivity contribution is -1.02. The van der Waals surface area contributed by atoms with E-state index in [1.54, 1.807) is 0 Å². The number of unbranched alkanes of at least 4 members (excludes halogenated alkanes) is 26. The van der Waals surface area contributed by atoms with Gasteiger partial charge >= 0.3 is 0 Å². The van der Waals surface area contributed by atoms with Crippen LogP contribution in [0.2, 0.25) is 0 Å². The molecule has 42 heavy (non-hydrogen) atoms. The summed E-state index contributed by atoms with van der Waals surface area (Å²) in [6.07, 6.45) is 41.1. The second kappa shape index (κ2) is 32.3. The van der Waals surface area contributed by atoms with E-state index < -0.39 is 0 Å². The third-order valence-electron chi connectivity index (χ3n) is 10.5. The number of rotatable bonds is 30. The Balaban J connectivity index is 0. The van der Waals surface area contributed by atoms with Crippen molar-refractivity contribution in [2.45, 2.75) is 194 Å². The van der Waals surface area contributed by atoms with Crippen LogP contribution in [0.15, 0.2) is 0 Å². The highest BCUT2D eigenvalue weighted by atomic mass is 127. The van der Waals surface area contributed by atoms with Crippen molar-refractivity contribution in [2.24, 2.45) is 0 Å². The Morgan fingerprint density at radius 3 is 0.643 bits per heavy atom. The molecule has 256 valence electrons. The monoisotopic (exact) mass is 818 g/mol. The molecule has 0 aromatic carbocycles. The second-order valence-corrected chi connectivity index (χ2v) is 14.8. The molecule has 0 spiro atoms. The molecule has 1 rings (SSSR count). The summed E-state index contributed by atoms with van der Waals surface area (Å²) in [4.78, 5) is 0. The second-order valence-electron chi connectivity index (χ2n) is 14.8. The van der Waals surface area contributed by atoms with Gasteiger partial charge in [0.1, 0.15) is 26.2 Å². The minimum atomic E-state index is 0. The van der Waals surface area contributed by atoms with E-state index in [0.29, 0.717) is 0 Å². The minimum Gasteiger partial charge on any atom is -1.00 e. The maximum Gasteiger partial charge on any atom is 0.128 e. The highest BCUT2D eigenvalue weighted by Gasteiger charge is 2.36. The SMILES string of the molecule is CCCCCCCCCCCCCCCC[N+]1(C)CC[N+](C)(CCCCCCCCCCCCCCCC)CC1.[I-].[I-]. The average molecular weight is 819 g/mol. The van der Waals surface area contributed by atoms with Gasteiger partial charge in [0.25, 0.3) is 0 Å². The van der Waals surface area contributed by atoms with E-state index in [4.69, 9.17) is 0 Å². The van der Waals surface area contributed by atoms with E-state index >= 15 is 0 Å². The number of hydrogen-bond donors (Lipinski definition) is 0. The molecule has 0 aliphatic carbocycles. The van der Waals surface area contributed by atoms with Crippen molar-refractivity contribution in [3.8, 4) is 0 Å². The van der Waals surface area contributed by atoms with Gasteiger partial charge in [-0.05, 0) is 25.7 Å². The summed E-state index contributed by atoms with van der Waals surface area (Å²) >= 11 is 0. The molecule has 1 aliphatic rings. The number of piperazine rings is 1. The smallest absolute Gasteiger partial charge is 0.128 e. The van der Waals surface area contributed by atoms with Crippen molar-refractivity contribution in [2.75, 3.05) is 53.4 Å². The predicted octanol–water partition coefficient (Wildman–Crippen LogP) is 5.86. The van der Waals surface area contributed by atoms with Crippen LogP contribution in [0, 0.1) is 0 Å². The lowest BCUT2D eigenvalue weighted by atomic mass is 10.0. The molecule has 0 bridgehead atoms. The van der Waals surface area contributed by atoms with Crippen LogP contribution >= 0.6 is 0 Å². The first-order chi connectivity index (χ1) is 19.5. The molecule has 1 heterocycles. The standard InChI is InChI=1S/C38H80N2.2HI/c1-5-7-9-11-13-15-17-19-21-23-25-27-29-31-33-39(3)35-37-40(4,38-36-39)34-32-30-28-26-24-22-20-18-16-14-12-10-8-6-2;;/h5-38H2,1-4H3;2*1H/q+2;;/p-2. The Labute approximate surface area is 301 Å². The molecule has 0 saturated carbocycles. The van der Waals surface area contributed by atoms with E-state index in [0.717, 1.165) is 0 Å². The van der Waals surface area contributed by atoms with Gasteiger partial charge in [-0.2, -0.15) is 0 Å². The molecule has 0 aromatic rings. The zero-order chi connectivity index (χ0) is 29.0. The average Bonchev–Trinajstić information content (AvgIpc) is 2.95. The molecule has 0 unspecified atom stereocenters. The van der Waals surface area contributed by atoms with Gasteiger partial charge in [-0.1, -0.05) is 168 Å². The fourth-order valence-corrected chi connectivity index (χ4v) is 7.01. The summed E-state index contributed by atoms with van der Waals surface area (Å²) < 4.78 is 2.70. The maximum atomic E-state index is 2.55. The van der Waals surface area contributed by atoms with E-state index in [-0.39, 0.29) is 48.0 Å². The summed E-state index contributed by atoms with van der Waals surface area (Å²) in [6.45, 7) is 13.1. The lowest BCUT2D eigenvalue weighted by Crippen LogP contribution is -3.00. The van der Waals surface area contributed by atoms with Crippen LogP contribution in [0.4, 0.5) is 0 Å². The zero-order valence-corrected chi connectivity index (χ0v) is 34.0. The summed E-state index contributed by atoms with van der Waals surface area (Å²) in [7, 11) is 5.11. The van der Waals surface area contributed by atoms with Crippen molar-refractivity contribution in [3.05, 3.63) is 0 Å². The Bertz CT molecular complexity index is 473. The van der Waals surface area contributed by atoms with E-state index in [9.17, 15) is 0 Å². The molecule has 0 N–H and O–H groups in total. The van der Waals surface area contributed by atoms with Crippen molar-refractivity contribution in [1.29, 1.82) is 0 Å². The first-order valence-electron chi connectivity index (χ1n) is 19.2. The van der Waals surface area contributed by atoms with E-state index in [1.807, 2.05) is 0 Å². The summed E-state index contributed by atoms with van der Waals surface area (Å²) in [5.41, 5.74) is 0. The van der Waals surface area contributed by atoms with Crippen LogP contribution in [-0.2, 0) is 0 Å². The molecule has 0 atom stereocenters. The lowest BCUT2D eigenvalue weighted by Gasteiger charge is -2.46. The molecule has 1 saturated heterocycles. The van der Waals surface area contributed by atoms with Crippen molar-refractivity contribution >= 4 is 0 Å². The van der Waals surface area contributed by atoms with Gasteiger partial charge < -0.3 is 56.9 Å². The van der Waals surface area contributed by atoms with E-state index in [2.05, 4.69) is 27.9 Å². The highest BCUT2D eigenvalue weighted by molar-refractivity contribution is 4.55. The molecular formula is C38H80I2N2. The Kier molecular flexibility index (Phi) is 35.0. The Morgan fingerprint density at radius 1 is 0.286 bits per heavy atom. The third-order valence-corrected chi connectivity index (χ3v) is 10.5. The third kappa shape index (κ3) is 27.7. The van der Waals surface area contributed by atoms with Crippen LogP contribution < -0.4 is 48.0 Å². The molecule has 1 aliphatic heterocycles. The molecule has 4 heteroatoms. The Hall–Kier alpha value is 1.38. The van der Waals surface area contributed by atoms with Crippen LogP contribution in [0.5, 0.6) is 0 Å². The van der Waals surface area contributed by atoms with Crippen molar-refractivity contribution in [3.63, 3.8) is 0 Å². The number of halogens is 2. The van der Waals surface area contributed by atoms with Gasteiger partial charge in [0.2, 0.25) is 0 Å². The largest absolute Gasteiger partial charge is 1.00 e. The molecular weight excluding hydrogens is 738 g/mol. The van der Waals surface area contributed by atoms with Crippen LogP contribution in [0.3, 0.4) is 0 Å².